The largest absolute Gasteiger partial charge is 0.509 e. The van der Waals surface area contributed by atoms with Crippen LogP contribution in [0.2, 0.25) is 5.02 Å². The van der Waals surface area contributed by atoms with Crippen LogP contribution in [-0.4, -0.2) is 36.3 Å². The van der Waals surface area contributed by atoms with Gasteiger partial charge in [0.25, 0.3) is 11.8 Å². The number of nitrogens with one attached hydrogen (secondary N) is 1. The first-order chi connectivity index (χ1) is 16.7. The fraction of sp³-hybridized carbons (Fsp3) is 0.250. The molecule has 0 fully saturated rings. The maximum absolute atomic E-state index is 13.7. The molecule has 0 spiro atoms. The molecule has 2 aromatic carbocycles. The van der Waals surface area contributed by atoms with Crippen molar-refractivity contribution in [3.8, 4) is 0 Å². The van der Waals surface area contributed by atoms with Gasteiger partial charge in [0.15, 0.2) is 4.36 Å². The Morgan fingerprint density at radius 1 is 1.28 bits per heavy atom. The predicted molar refractivity (Wildman–Crippen MR) is 132 cm³/mol. The summed E-state index contributed by atoms with van der Waals surface area (Å²) in [6.45, 7) is 5.29. The van der Waals surface area contributed by atoms with Gasteiger partial charge in [-0.3, -0.25) is 9.59 Å². The van der Waals surface area contributed by atoms with E-state index in [2.05, 4.69) is 11.4 Å². The van der Waals surface area contributed by atoms with Crippen molar-refractivity contribution in [3.05, 3.63) is 79.8 Å². The van der Waals surface area contributed by atoms with Crippen molar-refractivity contribution in [1.29, 1.82) is 0 Å². The van der Waals surface area contributed by atoms with Crippen molar-refractivity contribution >= 4 is 50.5 Å². The van der Waals surface area contributed by atoms with Crippen LogP contribution in [0.1, 0.15) is 36.7 Å². The average Bonchev–Trinajstić information content (AvgIpc) is 3.02. The Kier molecular flexibility index (Phi) is 6.35. The highest BCUT2D eigenvalue weighted by Crippen LogP contribution is 2.45. The fourth-order valence-corrected chi connectivity index (χ4v) is 6.21. The van der Waals surface area contributed by atoms with E-state index in [0.717, 1.165) is 12.1 Å². The van der Waals surface area contributed by atoms with Crippen molar-refractivity contribution < 1.29 is 27.5 Å². The lowest BCUT2D eigenvalue weighted by Crippen LogP contribution is -2.43. The normalized spacial score (nSPS) is 19.4. The number of hydrogen-bond acceptors (Lipinski definition) is 6. The van der Waals surface area contributed by atoms with E-state index in [1.165, 1.54) is 23.1 Å². The number of fused-ring (bicyclic) bond motifs is 1. The Balaban J connectivity index is 1.87. The Morgan fingerprint density at radius 3 is 2.53 bits per heavy atom. The molecule has 0 unspecified atom stereocenters. The van der Waals surface area contributed by atoms with E-state index in [9.17, 15) is 27.5 Å². The molecule has 0 saturated heterocycles. The minimum atomic E-state index is -4.38. The molecule has 0 bridgehead atoms. The van der Waals surface area contributed by atoms with Crippen LogP contribution in [0, 0.1) is 17.3 Å². The van der Waals surface area contributed by atoms with Crippen molar-refractivity contribution in [3.63, 3.8) is 0 Å². The van der Waals surface area contributed by atoms with Gasteiger partial charge in [-0.25, -0.2) is 12.8 Å². The Bertz CT molecular complexity index is 1500. The zero-order chi connectivity index (χ0) is 26.7. The summed E-state index contributed by atoms with van der Waals surface area (Å²) in [5.41, 5.74) is 4.07. The summed E-state index contributed by atoms with van der Waals surface area (Å²) in [4.78, 5) is 26.6. The third-order valence-corrected chi connectivity index (χ3v) is 8.57. The van der Waals surface area contributed by atoms with Crippen molar-refractivity contribution in [2.75, 3.05) is 5.32 Å². The first-order valence-electron chi connectivity index (χ1n) is 10.6. The summed E-state index contributed by atoms with van der Waals surface area (Å²) < 4.78 is 39.3. The van der Waals surface area contributed by atoms with E-state index in [-0.39, 0.29) is 39.0 Å². The maximum atomic E-state index is 13.7. The maximum Gasteiger partial charge on any atom is 0.260 e. The number of rotatable bonds is 4. The van der Waals surface area contributed by atoms with E-state index < -0.39 is 49.0 Å². The summed E-state index contributed by atoms with van der Waals surface area (Å²) in [6.07, 6.45) is 0. The molecular formula is C24H21Cl2FN3O5S. The van der Waals surface area contributed by atoms with Gasteiger partial charge in [0, 0.05) is 6.54 Å². The highest BCUT2D eigenvalue weighted by molar-refractivity contribution is 7.97. The van der Waals surface area contributed by atoms with Crippen molar-refractivity contribution in [2.45, 2.75) is 38.3 Å². The van der Waals surface area contributed by atoms with Gasteiger partial charge in [-0.2, -0.15) is 0 Å². The first-order valence-corrected chi connectivity index (χ1v) is 12.8. The Labute approximate surface area is 217 Å². The molecular weight excluding hydrogens is 532 g/mol. The number of nitrogens with two attached hydrogens (primary N) is 1. The second kappa shape index (κ2) is 8.79. The van der Waals surface area contributed by atoms with Gasteiger partial charge in [0.05, 0.1) is 32.9 Å². The van der Waals surface area contributed by atoms with Crippen LogP contribution >= 0.6 is 23.2 Å². The molecule has 1 atom stereocenters. The lowest BCUT2D eigenvalue weighted by atomic mass is 9.85. The molecule has 2 heterocycles. The number of sulfone groups is 1. The summed E-state index contributed by atoms with van der Waals surface area (Å²) in [7, 11) is -4.38. The molecule has 4 N–H and O–H groups in total. The number of primary amides is 1. The number of carbonyl (C=O) groups excluding carboxylic acids is 2. The number of amides is 2. The Morgan fingerprint density at radius 2 is 1.94 bits per heavy atom. The molecule has 2 amide bonds. The van der Waals surface area contributed by atoms with Gasteiger partial charge in [0.1, 0.15) is 17.1 Å². The van der Waals surface area contributed by atoms with E-state index in [1.807, 2.05) is 0 Å². The van der Waals surface area contributed by atoms with Crippen LogP contribution in [0.15, 0.2) is 56.6 Å². The molecule has 0 aliphatic carbocycles. The molecule has 2 aliphatic heterocycles. The number of halogens is 3. The van der Waals surface area contributed by atoms with Crippen LogP contribution < -0.4 is 11.1 Å². The quantitative estimate of drug-likeness (QED) is 0.519. The van der Waals surface area contributed by atoms with Gasteiger partial charge < -0.3 is 21.1 Å². The zero-order valence-electron chi connectivity index (χ0n) is 19.3. The average molecular weight is 553 g/mol. The van der Waals surface area contributed by atoms with Gasteiger partial charge in [-0.1, -0.05) is 50.0 Å². The molecule has 8 nitrogen and oxygen atoms in total. The molecule has 189 valence electrons. The van der Waals surface area contributed by atoms with Gasteiger partial charge in [-0.15, -0.1) is 0 Å². The van der Waals surface area contributed by atoms with Crippen LogP contribution in [0.4, 0.5) is 10.1 Å². The van der Waals surface area contributed by atoms with Gasteiger partial charge >= 0.3 is 0 Å². The number of anilines is 1. The molecule has 4 rings (SSSR count). The molecule has 1 radical (unpaired) electrons. The smallest absolute Gasteiger partial charge is 0.260 e. The number of aliphatic hydroxyl groups is 1. The molecule has 0 saturated carbocycles. The van der Waals surface area contributed by atoms with Crippen molar-refractivity contribution in [2.24, 2.45) is 11.1 Å². The number of nitrogens with zero attached hydrogens (tertiary/aromatic N) is 1. The van der Waals surface area contributed by atoms with E-state index in [1.54, 1.807) is 20.8 Å². The molecule has 12 heteroatoms. The van der Waals surface area contributed by atoms with Crippen LogP contribution in [0.5, 0.6) is 0 Å². The third kappa shape index (κ3) is 4.12. The lowest BCUT2D eigenvalue weighted by Gasteiger charge is -2.35. The fourth-order valence-electron chi connectivity index (χ4n) is 4.34. The van der Waals surface area contributed by atoms with Crippen LogP contribution in [-0.2, 0) is 21.2 Å². The van der Waals surface area contributed by atoms with Crippen molar-refractivity contribution in [1.82, 2.24) is 4.90 Å². The molecule has 36 heavy (non-hydrogen) atoms. The van der Waals surface area contributed by atoms with Gasteiger partial charge in [-0.05, 0) is 41.3 Å². The summed E-state index contributed by atoms with van der Waals surface area (Å²) in [5, 5.41) is 13.9. The topological polar surface area (TPSA) is 130 Å². The zero-order valence-corrected chi connectivity index (χ0v) is 21.6. The summed E-state index contributed by atoms with van der Waals surface area (Å²) in [6, 6.07) is 7.94. The molecule has 2 aromatic rings. The molecule has 0 aromatic heterocycles. The summed E-state index contributed by atoms with van der Waals surface area (Å²) >= 11 is 12.2. The van der Waals surface area contributed by atoms with E-state index in [0.29, 0.717) is 5.56 Å². The standard InChI is InChI=1S/C24H21Cl2FN3O5S/c1-24(2,3)20-19(31)16(23(33)30(20)10-11-7-8-14(27)13(25)9-11)18-21(26)36(34,35)15-6-4-5-12(22(28)32)17(15)29-18/h5-9,20,29,31H,10H2,1-3H3,(H2,28,32)/t20-/m1/s1. The highest BCUT2D eigenvalue weighted by Gasteiger charge is 2.49. The minimum Gasteiger partial charge on any atom is -0.509 e. The SMILES string of the molecule is CC(C)(C)[C@H]1C(O)=C(C2=C(Cl)S(=O)(=O)c3c[c]cc(C(N)=O)c3N2)C(=O)N1Cc1ccc(F)c(Cl)c1. The van der Waals surface area contributed by atoms with Crippen LogP contribution in [0.3, 0.4) is 0 Å². The highest BCUT2D eigenvalue weighted by atomic mass is 35.5. The second-order valence-corrected chi connectivity index (χ2v) is 12.3. The third-order valence-electron chi connectivity index (χ3n) is 5.90. The number of hydrogen-bond donors (Lipinski definition) is 3. The lowest BCUT2D eigenvalue weighted by molar-refractivity contribution is -0.129. The molecule has 2 aliphatic rings. The van der Waals surface area contributed by atoms with Crippen LogP contribution in [0.25, 0.3) is 0 Å². The van der Waals surface area contributed by atoms with Gasteiger partial charge in [0.2, 0.25) is 9.84 Å². The predicted octanol–water partition coefficient (Wildman–Crippen LogP) is 4.25. The minimum absolute atomic E-state index is 0.0654. The summed E-state index contributed by atoms with van der Waals surface area (Å²) in [5.74, 6) is -2.70. The number of carbonyl (C=O) groups is 2. The Hall–Kier alpha value is -3.08. The number of aliphatic hydroxyl groups excluding tert-OH is 1. The monoisotopic (exact) mass is 552 g/mol. The first kappa shape index (κ1) is 26.0. The second-order valence-electron chi connectivity index (χ2n) is 9.46. The number of benzene rings is 2. The van der Waals surface area contributed by atoms with E-state index in [4.69, 9.17) is 28.9 Å². The van der Waals surface area contributed by atoms with E-state index >= 15 is 0 Å².